The fourth-order valence-corrected chi connectivity index (χ4v) is 1.58. The van der Waals surface area contributed by atoms with E-state index in [1.807, 2.05) is 6.07 Å². The first-order chi connectivity index (χ1) is 8.74. The number of rotatable bonds is 4. The number of urea groups is 1. The summed E-state index contributed by atoms with van der Waals surface area (Å²) in [6.07, 6.45) is 5.72. The third kappa shape index (κ3) is 3.85. The monoisotopic (exact) mass is 309 g/mol. The Morgan fingerprint density at radius 1 is 1.39 bits per heavy atom. The molecule has 3 N–H and O–H groups in total. The summed E-state index contributed by atoms with van der Waals surface area (Å²) in [7, 11) is 0. The fraction of sp³-hybridized carbons (Fsp3) is 0.182. The molecule has 2 heterocycles. The van der Waals surface area contributed by atoms with E-state index in [0.717, 1.165) is 10.2 Å². The molecule has 0 atom stereocenters. The fourth-order valence-electron chi connectivity index (χ4n) is 1.34. The van der Waals surface area contributed by atoms with E-state index in [0.29, 0.717) is 18.8 Å². The van der Waals surface area contributed by atoms with Gasteiger partial charge in [-0.05, 0) is 28.1 Å². The van der Waals surface area contributed by atoms with Crippen LogP contribution in [0.25, 0.3) is 0 Å². The molecule has 0 unspecified atom stereocenters. The molecule has 0 aliphatic rings. The number of nitrogens with zero attached hydrogens (tertiary/aromatic N) is 2. The summed E-state index contributed by atoms with van der Waals surface area (Å²) in [6, 6.07) is 3.25. The number of aromatic nitrogens is 3. The van der Waals surface area contributed by atoms with Crippen molar-refractivity contribution in [1.29, 1.82) is 0 Å². The number of nitrogens with one attached hydrogen (secondary N) is 3. The number of hydrogen-bond donors (Lipinski definition) is 3. The maximum Gasteiger partial charge on any atom is 0.320 e. The molecular weight excluding hydrogens is 298 g/mol. The molecule has 0 aromatic carbocycles. The molecule has 0 saturated heterocycles. The largest absolute Gasteiger partial charge is 0.351 e. The van der Waals surface area contributed by atoms with Crippen LogP contribution in [0.2, 0.25) is 0 Å². The lowest BCUT2D eigenvalue weighted by atomic mass is 10.3. The lowest BCUT2D eigenvalue weighted by Gasteiger charge is -2.06. The van der Waals surface area contributed by atoms with Crippen LogP contribution in [0.4, 0.5) is 10.6 Å². The lowest BCUT2D eigenvalue weighted by molar-refractivity contribution is 0.252. The normalized spacial score (nSPS) is 10.1. The maximum atomic E-state index is 11.5. The number of imidazole rings is 1. The number of pyridine rings is 1. The number of carbonyl (C=O) groups is 1. The maximum absolute atomic E-state index is 11.5. The molecular formula is C11H12BrN5O. The zero-order chi connectivity index (χ0) is 12.8. The Kier molecular flexibility index (Phi) is 4.30. The zero-order valence-corrected chi connectivity index (χ0v) is 11.1. The van der Waals surface area contributed by atoms with Crippen LogP contribution in [-0.4, -0.2) is 27.5 Å². The highest BCUT2D eigenvalue weighted by atomic mass is 79.9. The molecule has 0 bridgehead atoms. The zero-order valence-electron chi connectivity index (χ0n) is 9.48. The van der Waals surface area contributed by atoms with Crippen LogP contribution in [0, 0.1) is 0 Å². The molecule has 0 spiro atoms. The number of halogens is 1. The molecule has 2 amide bonds. The highest BCUT2D eigenvalue weighted by Gasteiger charge is 2.02. The minimum atomic E-state index is -0.277. The second-order valence-electron chi connectivity index (χ2n) is 3.55. The molecule has 0 fully saturated rings. The molecule has 6 nitrogen and oxygen atoms in total. The predicted octanol–water partition coefficient (Wildman–Crippen LogP) is 1.93. The molecule has 0 saturated carbocycles. The van der Waals surface area contributed by atoms with Gasteiger partial charge in [-0.15, -0.1) is 0 Å². The number of carbonyl (C=O) groups excluding carboxylic acids is 1. The summed E-state index contributed by atoms with van der Waals surface area (Å²) in [5, 5.41) is 5.37. The Balaban J connectivity index is 1.73. The van der Waals surface area contributed by atoms with Crippen molar-refractivity contribution in [2.75, 3.05) is 11.9 Å². The van der Waals surface area contributed by atoms with Crippen molar-refractivity contribution in [3.63, 3.8) is 0 Å². The van der Waals surface area contributed by atoms with Crippen molar-refractivity contribution in [2.45, 2.75) is 6.42 Å². The van der Waals surface area contributed by atoms with E-state index < -0.39 is 0 Å². The Bertz CT molecular complexity index is 497. The van der Waals surface area contributed by atoms with Gasteiger partial charge in [0.25, 0.3) is 0 Å². The van der Waals surface area contributed by atoms with E-state index in [9.17, 15) is 4.79 Å². The van der Waals surface area contributed by atoms with Crippen molar-refractivity contribution >= 4 is 27.8 Å². The molecule has 2 rings (SSSR count). The first-order valence-corrected chi connectivity index (χ1v) is 6.17. The van der Waals surface area contributed by atoms with Gasteiger partial charge in [0.2, 0.25) is 0 Å². The van der Waals surface area contributed by atoms with Gasteiger partial charge in [-0.3, -0.25) is 5.32 Å². The van der Waals surface area contributed by atoms with Crippen LogP contribution >= 0.6 is 15.9 Å². The van der Waals surface area contributed by atoms with Gasteiger partial charge < -0.3 is 10.3 Å². The van der Waals surface area contributed by atoms with Crippen molar-refractivity contribution in [2.24, 2.45) is 0 Å². The van der Waals surface area contributed by atoms with E-state index >= 15 is 0 Å². The number of amides is 2. The average Bonchev–Trinajstić information content (AvgIpc) is 2.85. The van der Waals surface area contributed by atoms with E-state index in [4.69, 9.17) is 0 Å². The van der Waals surface area contributed by atoms with Crippen molar-refractivity contribution < 1.29 is 4.79 Å². The van der Waals surface area contributed by atoms with Crippen molar-refractivity contribution in [1.82, 2.24) is 20.3 Å². The van der Waals surface area contributed by atoms with Gasteiger partial charge in [-0.25, -0.2) is 14.8 Å². The number of H-pyrrole nitrogens is 1. The van der Waals surface area contributed by atoms with Gasteiger partial charge in [0, 0.05) is 29.8 Å². The molecule has 2 aromatic heterocycles. The van der Waals surface area contributed by atoms with E-state index in [2.05, 4.69) is 41.5 Å². The van der Waals surface area contributed by atoms with Crippen LogP contribution < -0.4 is 10.6 Å². The second-order valence-corrected chi connectivity index (χ2v) is 4.47. The Hall–Kier alpha value is -1.89. The molecule has 0 aliphatic carbocycles. The molecule has 0 aliphatic heterocycles. The quantitative estimate of drug-likeness (QED) is 0.807. The third-order valence-corrected chi connectivity index (χ3v) is 2.66. The average molecular weight is 310 g/mol. The SMILES string of the molecule is O=C(NCCc1c[nH]cn1)Nc1ccc(Br)cn1. The Morgan fingerprint density at radius 3 is 2.94 bits per heavy atom. The van der Waals surface area contributed by atoms with E-state index in [-0.39, 0.29) is 6.03 Å². The molecule has 7 heteroatoms. The molecule has 18 heavy (non-hydrogen) atoms. The third-order valence-electron chi connectivity index (χ3n) is 2.19. The minimum absolute atomic E-state index is 0.277. The standard InChI is InChI=1S/C11H12BrN5O/c12-8-1-2-10(15-5-8)17-11(18)14-4-3-9-6-13-7-16-9/h1-2,5-7H,3-4H2,(H,13,16)(H2,14,15,17,18). The van der Waals surface area contributed by atoms with Gasteiger partial charge in [-0.1, -0.05) is 0 Å². The van der Waals surface area contributed by atoms with Gasteiger partial charge in [-0.2, -0.15) is 0 Å². The summed E-state index contributed by atoms with van der Waals surface area (Å²) < 4.78 is 0.868. The predicted molar refractivity (Wildman–Crippen MR) is 71.3 cm³/mol. The van der Waals surface area contributed by atoms with E-state index in [1.165, 1.54) is 0 Å². The van der Waals surface area contributed by atoms with E-state index in [1.54, 1.807) is 24.8 Å². The number of hydrogen-bond acceptors (Lipinski definition) is 3. The minimum Gasteiger partial charge on any atom is -0.351 e. The van der Waals surface area contributed by atoms with Gasteiger partial charge >= 0.3 is 6.03 Å². The second kappa shape index (κ2) is 6.15. The van der Waals surface area contributed by atoms with Crippen LogP contribution in [0.3, 0.4) is 0 Å². The van der Waals surface area contributed by atoms with Gasteiger partial charge in [0.1, 0.15) is 5.82 Å². The summed E-state index contributed by atoms with van der Waals surface area (Å²) >= 11 is 3.27. The summed E-state index contributed by atoms with van der Waals surface area (Å²) in [5.74, 6) is 0.510. The number of anilines is 1. The van der Waals surface area contributed by atoms with Crippen LogP contribution in [0.5, 0.6) is 0 Å². The summed E-state index contributed by atoms with van der Waals surface area (Å²) in [4.78, 5) is 22.5. The molecule has 2 aromatic rings. The topological polar surface area (TPSA) is 82.7 Å². The lowest BCUT2D eigenvalue weighted by Crippen LogP contribution is -2.30. The molecule has 0 radical (unpaired) electrons. The van der Waals surface area contributed by atoms with Crippen LogP contribution in [0.15, 0.2) is 35.3 Å². The van der Waals surface area contributed by atoms with Crippen LogP contribution in [-0.2, 0) is 6.42 Å². The Labute approximate surface area is 112 Å². The van der Waals surface area contributed by atoms with Gasteiger partial charge in [0.05, 0.1) is 12.0 Å². The highest BCUT2D eigenvalue weighted by Crippen LogP contribution is 2.10. The highest BCUT2D eigenvalue weighted by molar-refractivity contribution is 9.10. The smallest absolute Gasteiger partial charge is 0.320 e. The molecule has 94 valence electrons. The Morgan fingerprint density at radius 2 is 2.28 bits per heavy atom. The van der Waals surface area contributed by atoms with Crippen LogP contribution in [0.1, 0.15) is 5.69 Å². The summed E-state index contributed by atoms with van der Waals surface area (Å²) in [5.41, 5.74) is 0.914. The first kappa shape index (κ1) is 12.6. The summed E-state index contributed by atoms with van der Waals surface area (Å²) in [6.45, 7) is 0.521. The van der Waals surface area contributed by atoms with Crippen molar-refractivity contribution in [3.05, 3.63) is 41.0 Å². The van der Waals surface area contributed by atoms with Crippen molar-refractivity contribution in [3.8, 4) is 0 Å². The van der Waals surface area contributed by atoms with Gasteiger partial charge in [0.15, 0.2) is 0 Å². The first-order valence-electron chi connectivity index (χ1n) is 5.38. The number of aromatic amines is 1.